The van der Waals surface area contributed by atoms with Crippen LogP contribution in [0.2, 0.25) is 0 Å². The number of carbonyl (C=O) groups is 1. The lowest BCUT2D eigenvalue weighted by Crippen LogP contribution is -2.28. The molecule has 5 nitrogen and oxygen atoms in total. The number of nitrogens with one attached hydrogen (secondary N) is 1. The van der Waals surface area contributed by atoms with E-state index in [1.165, 1.54) is 6.07 Å². The van der Waals surface area contributed by atoms with Crippen LogP contribution < -0.4 is 5.32 Å². The Labute approximate surface area is 99.5 Å². The molecule has 5 heteroatoms. The van der Waals surface area contributed by atoms with Gasteiger partial charge in [0.2, 0.25) is 0 Å². The molecule has 1 aliphatic carbocycles. The van der Waals surface area contributed by atoms with Gasteiger partial charge in [0.1, 0.15) is 5.69 Å². The Hall–Kier alpha value is -1.46. The van der Waals surface area contributed by atoms with Gasteiger partial charge in [-0.1, -0.05) is 6.07 Å². The highest BCUT2D eigenvalue weighted by atomic mass is 16.4. The first kappa shape index (κ1) is 12.0. The zero-order valence-electron chi connectivity index (χ0n) is 9.47. The largest absolute Gasteiger partial charge is 0.477 e. The molecule has 2 rings (SSSR count). The van der Waals surface area contributed by atoms with Gasteiger partial charge in [-0.2, -0.15) is 0 Å². The lowest BCUT2D eigenvalue weighted by atomic mass is 10.2. The van der Waals surface area contributed by atoms with Crippen LogP contribution in [0.3, 0.4) is 0 Å². The van der Waals surface area contributed by atoms with Crippen LogP contribution >= 0.6 is 0 Å². The van der Waals surface area contributed by atoms with Gasteiger partial charge < -0.3 is 15.5 Å². The minimum atomic E-state index is -1.02. The van der Waals surface area contributed by atoms with Gasteiger partial charge in [0.15, 0.2) is 0 Å². The van der Waals surface area contributed by atoms with Gasteiger partial charge in [0.25, 0.3) is 0 Å². The average Bonchev–Trinajstić information content (AvgIpc) is 3.13. The van der Waals surface area contributed by atoms with Gasteiger partial charge in [0.05, 0.1) is 11.8 Å². The molecule has 1 atom stereocenters. The number of nitrogens with zero attached hydrogens (tertiary/aromatic N) is 1. The first-order valence-electron chi connectivity index (χ1n) is 5.75. The molecule has 0 aliphatic heterocycles. The summed E-state index contributed by atoms with van der Waals surface area (Å²) in [5.41, 5.74) is 0.722. The Kier molecular flexibility index (Phi) is 3.71. The number of rotatable bonds is 6. The molecule has 3 N–H and O–H groups in total. The highest BCUT2D eigenvalue weighted by molar-refractivity contribution is 5.85. The molecule has 1 heterocycles. The van der Waals surface area contributed by atoms with Crippen molar-refractivity contribution in [1.82, 2.24) is 10.3 Å². The van der Waals surface area contributed by atoms with Crippen LogP contribution in [-0.2, 0) is 6.54 Å². The topological polar surface area (TPSA) is 82.5 Å². The van der Waals surface area contributed by atoms with Crippen molar-refractivity contribution in [2.24, 2.45) is 5.92 Å². The van der Waals surface area contributed by atoms with Crippen LogP contribution in [0.15, 0.2) is 18.2 Å². The molecule has 0 spiro atoms. The average molecular weight is 236 g/mol. The number of hydrogen-bond acceptors (Lipinski definition) is 4. The molecule has 0 aromatic carbocycles. The fraction of sp³-hybridized carbons (Fsp3) is 0.500. The Morgan fingerprint density at radius 1 is 1.53 bits per heavy atom. The first-order valence-corrected chi connectivity index (χ1v) is 5.75. The Morgan fingerprint density at radius 2 is 2.29 bits per heavy atom. The summed E-state index contributed by atoms with van der Waals surface area (Å²) in [7, 11) is 0. The number of aromatic nitrogens is 1. The number of pyridine rings is 1. The van der Waals surface area contributed by atoms with Crippen molar-refractivity contribution >= 4 is 5.97 Å². The van der Waals surface area contributed by atoms with Gasteiger partial charge in [-0.15, -0.1) is 0 Å². The summed E-state index contributed by atoms with van der Waals surface area (Å²) in [6.45, 7) is 1.01. The molecule has 92 valence electrons. The maximum atomic E-state index is 10.7. The summed E-state index contributed by atoms with van der Waals surface area (Å²) in [5.74, 6) is -0.578. The fourth-order valence-electron chi connectivity index (χ4n) is 1.69. The van der Waals surface area contributed by atoms with Crippen LogP contribution in [0.4, 0.5) is 0 Å². The fourth-order valence-corrected chi connectivity index (χ4v) is 1.69. The summed E-state index contributed by atoms with van der Waals surface area (Å²) in [5, 5.41) is 21.5. The van der Waals surface area contributed by atoms with Crippen molar-refractivity contribution in [2.45, 2.75) is 25.5 Å². The third-order valence-electron chi connectivity index (χ3n) is 2.85. The van der Waals surface area contributed by atoms with E-state index in [2.05, 4.69) is 10.3 Å². The Balaban J connectivity index is 1.81. The minimum Gasteiger partial charge on any atom is -0.477 e. The highest BCUT2D eigenvalue weighted by Crippen LogP contribution is 2.32. The molecule has 1 aromatic rings. The summed E-state index contributed by atoms with van der Waals surface area (Å²) < 4.78 is 0. The smallest absolute Gasteiger partial charge is 0.354 e. The third-order valence-corrected chi connectivity index (χ3v) is 2.85. The second kappa shape index (κ2) is 5.25. The molecule has 1 saturated carbocycles. The lowest BCUT2D eigenvalue weighted by Gasteiger charge is -2.10. The molecular formula is C12H16N2O3. The van der Waals surface area contributed by atoms with Crippen molar-refractivity contribution in [3.63, 3.8) is 0 Å². The Bertz CT molecular complexity index is 404. The van der Waals surface area contributed by atoms with Crippen molar-refractivity contribution in [1.29, 1.82) is 0 Å². The van der Waals surface area contributed by atoms with E-state index in [0.717, 1.165) is 12.8 Å². The maximum absolute atomic E-state index is 10.7. The van der Waals surface area contributed by atoms with Crippen LogP contribution in [0.1, 0.15) is 29.0 Å². The highest BCUT2D eigenvalue weighted by Gasteiger charge is 2.29. The molecule has 0 bridgehead atoms. The van der Waals surface area contributed by atoms with Crippen LogP contribution in [-0.4, -0.2) is 33.8 Å². The van der Waals surface area contributed by atoms with Crippen LogP contribution in [0.5, 0.6) is 0 Å². The predicted molar refractivity (Wildman–Crippen MR) is 61.6 cm³/mol. The van der Waals surface area contributed by atoms with E-state index in [4.69, 9.17) is 5.11 Å². The monoisotopic (exact) mass is 236 g/mol. The van der Waals surface area contributed by atoms with Crippen LogP contribution in [0, 0.1) is 5.92 Å². The third kappa shape index (κ3) is 3.51. The molecule has 1 aliphatic rings. The number of aliphatic hydroxyl groups is 1. The van der Waals surface area contributed by atoms with Gasteiger partial charge in [0, 0.05) is 13.1 Å². The van der Waals surface area contributed by atoms with E-state index in [-0.39, 0.29) is 11.8 Å². The van der Waals surface area contributed by atoms with E-state index in [1.807, 2.05) is 0 Å². The second-order valence-electron chi connectivity index (χ2n) is 4.35. The zero-order chi connectivity index (χ0) is 12.3. The van der Waals surface area contributed by atoms with E-state index in [1.54, 1.807) is 12.1 Å². The normalized spacial score (nSPS) is 16.8. The number of carboxylic acid groups (broad SMARTS) is 1. The van der Waals surface area contributed by atoms with E-state index in [9.17, 15) is 9.90 Å². The number of carboxylic acids is 1. The van der Waals surface area contributed by atoms with Crippen molar-refractivity contribution in [3.8, 4) is 0 Å². The molecule has 1 aromatic heterocycles. The Morgan fingerprint density at radius 3 is 2.94 bits per heavy atom. The van der Waals surface area contributed by atoms with E-state index >= 15 is 0 Å². The van der Waals surface area contributed by atoms with Crippen molar-refractivity contribution in [3.05, 3.63) is 29.6 Å². The summed E-state index contributed by atoms with van der Waals surface area (Å²) in [6.07, 6.45) is 1.92. The number of aliphatic hydroxyl groups excluding tert-OH is 1. The van der Waals surface area contributed by atoms with E-state index < -0.39 is 5.97 Å². The summed E-state index contributed by atoms with van der Waals surface area (Å²) in [4.78, 5) is 14.7. The molecule has 17 heavy (non-hydrogen) atoms. The van der Waals surface area contributed by atoms with Crippen molar-refractivity contribution in [2.75, 3.05) is 6.54 Å². The van der Waals surface area contributed by atoms with Gasteiger partial charge in [-0.05, 0) is 30.9 Å². The predicted octanol–water partition coefficient (Wildman–Crippen LogP) is 0.640. The summed E-state index contributed by atoms with van der Waals surface area (Å²) >= 11 is 0. The minimum absolute atomic E-state index is 0.0482. The molecule has 0 radical (unpaired) electrons. The van der Waals surface area contributed by atoms with Gasteiger partial charge in [-0.3, -0.25) is 0 Å². The van der Waals surface area contributed by atoms with E-state index in [0.29, 0.717) is 24.7 Å². The van der Waals surface area contributed by atoms with Crippen molar-refractivity contribution < 1.29 is 15.0 Å². The SMILES string of the molecule is O=C(O)c1cccc(CNCC(O)C2CC2)n1. The quantitative estimate of drug-likeness (QED) is 0.675. The van der Waals surface area contributed by atoms with Crippen LogP contribution in [0.25, 0.3) is 0 Å². The molecule has 0 saturated heterocycles. The van der Waals surface area contributed by atoms with Gasteiger partial charge >= 0.3 is 5.97 Å². The molecule has 1 fully saturated rings. The second-order valence-corrected chi connectivity index (χ2v) is 4.35. The molecule has 0 amide bonds. The number of aromatic carboxylic acids is 1. The lowest BCUT2D eigenvalue weighted by molar-refractivity contribution is 0.0690. The standard InChI is InChI=1S/C12H16N2O3/c15-11(8-4-5-8)7-13-6-9-2-1-3-10(14-9)12(16)17/h1-3,8,11,13,15H,4-7H2,(H,16,17). The van der Waals surface area contributed by atoms with Gasteiger partial charge in [-0.25, -0.2) is 9.78 Å². The zero-order valence-corrected chi connectivity index (χ0v) is 9.47. The maximum Gasteiger partial charge on any atom is 0.354 e. The molecule has 1 unspecified atom stereocenters. The molecular weight excluding hydrogens is 220 g/mol. The first-order chi connectivity index (χ1) is 8.16. The summed E-state index contributed by atoms with van der Waals surface area (Å²) in [6, 6.07) is 4.90. The number of hydrogen-bond donors (Lipinski definition) is 3.